The van der Waals surface area contributed by atoms with E-state index in [1.165, 1.54) is 0 Å². The van der Waals surface area contributed by atoms with Crippen LogP contribution in [0.2, 0.25) is 10.0 Å². The summed E-state index contributed by atoms with van der Waals surface area (Å²) in [5.41, 5.74) is 0.991. The minimum absolute atomic E-state index is 0.197. The molecule has 4 nitrogen and oxygen atoms in total. The summed E-state index contributed by atoms with van der Waals surface area (Å²) in [4.78, 5) is 7.18. The molecule has 0 amide bonds. The fraction of sp³-hybridized carbons (Fsp3) is 0.421. The number of hydrogen-bond donors (Lipinski definition) is 1. The fourth-order valence-corrected chi connectivity index (χ4v) is 3.25. The molecule has 1 aromatic heterocycles. The summed E-state index contributed by atoms with van der Waals surface area (Å²) in [6.07, 6.45) is 1.15. The van der Waals surface area contributed by atoms with Gasteiger partial charge in [0.15, 0.2) is 0 Å². The van der Waals surface area contributed by atoms with Crippen LogP contribution >= 0.6 is 23.2 Å². The van der Waals surface area contributed by atoms with Crippen LogP contribution in [0.4, 0.5) is 0 Å². The Bertz CT molecular complexity index is 724. The third-order valence-electron chi connectivity index (χ3n) is 4.38. The van der Waals surface area contributed by atoms with Gasteiger partial charge < -0.3 is 10.1 Å². The van der Waals surface area contributed by atoms with Gasteiger partial charge in [-0.1, -0.05) is 29.3 Å². The quantitative estimate of drug-likeness (QED) is 0.817. The van der Waals surface area contributed by atoms with Gasteiger partial charge in [-0.3, -0.25) is 4.90 Å². The van der Waals surface area contributed by atoms with Gasteiger partial charge in [-0.25, -0.2) is 4.98 Å². The zero-order chi connectivity index (χ0) is 17.8. The number of benzene rings is 1. The Morgan fingerprint density at radius 3 is 2.80 bits per heavy atom. The van der Waals surface area contributed by atoms with Gasteiger partial charge in [0.25, 0.3) is 0 Å². The van der Waals surface area contributed by atoms with Crippen molar-refractivity contribution in [3.8, 4) is 11.6 Å². The molecule has 25 heavy (non-hydrogen) atoms. The SMILES string of the molecule is CC(C)N1CCCNC(c2cccc(Oc3ccc(Cl)c(Cl)c3)n2)C1. The number of ether oxygens (including phenoxy) is 1. The first-order valence-electron chi connectivity index (χ1n) is 8.60. The Kier molecular flexibility index (Phi) is 6.18. The summed E-state index contributed by atoms with van der Waals surface area (Å²) >= 11 is 12.0. The van der Waals surface area contributed by atoms with Crippen molar-refractivity contribution < 1.29 is 4.74 Å². The summed E-state index contributed by atoms with van der Waals surface area (Å²) in [7, 11) is 0. The zero-order valence-corrected chi connectivity index (χ0v) is 16.0. The Hall–Kier alpha value is -1.33. The third-order valence-corrected chi connectivity index (χ3v) is 5.11. The summed E-state index contributed by atoms with van der Waals surface area (Å²) in [6, 6.07) is 11.8. The molecule has 1 aromatic carbocycles. The van der Waals surface area contributed by atoms with E-state index in [0.717, 1.165) is 31.7 Å². The molecule has 2 aromatic rings. The molecule has 1 saturated heterocycles. The molecular weight excluding hydrogens is 357 g/mol. The standard InChI is InChI=1S/C19H23Cl2N3O/c1-13(2)24-10-4-9-22-18(12-24)17-5-3-6-19(23-17)25-14-7-8-15(20)16(21)11-14/h3,5-8,11,13,18,22H,4,9-10,12H2,1-2H3. The average Bonchev–Trinajstić information content (AvgIpc) is 2.85. The summed E-state index contributed by atoms with van der Waals surface area (Å²) < 4.78 is 5.86. The van der Waals surface area contributed by atoms with Crippen molar-refractivity contribution in [3.63, 3.8) is 0 Å². The normalized spacial score (nSPS) is 19.0. The Labute approximate surface area is 159 Å². The first-order valence-corrected chi connectivity index (χ1v) is 9.36. The summed E-state index contributed by atoms with van der Waals surface area (Å²) in [5, 5.41) is 4.56. The highest BCUT2D eigenvalue weighted by molar-refractivity contribution is 6.42. The van der Waals surface area contributed by atoms with Gasteiger partial charge >= 0.3 is 0 Å². The number of hydrogen-bond acceptors (Lipinski definition) is 4. The van der Waals surface area contributed by atoms with E-state index in [1.807, 2.05) is 18.2 Å². The van der Waals surface area contributed by atoms with Crippen LogP contribution in [0.3, 0.4) is 0 Å². The van der Waals surface area contributed by atoms with E-state index >= 15 is 0 Å². The average molecular weight is 380 g/mol. The zero-order valence-electron chi connectivity index (χ0n) is 14.5. The van der Waals surface area contributed by atoms with Crippen molar-refractivity contribution in [3.05, 3.63) is 52.1 Å². The van der Waals surface area contributed by atoms with Crippen molar-refractivity contribution in [2.75, 3.05) is 19.6 Å². The van der Waals surface area contributed by atoms with Gasteiger partial charge in [0.2, 0.25) is 5.88 Å². The molecule has 134 valence electrons. The molecule has 0 bridgehead atoms. The number of halogens is 2. The second-order valence-electron chi connectivity index (χ2n) is 6.53. The lowest BCUT2D eigenvalue weighted by Crippen LogP contribution is -2.36. The van der Waals surface area contributed by atoms with Crippen LogP contribution in [0.15, 0.2) is 36.4 Å². The molecule has 3 rings (SSSR count). The highest BCUT2D eigenvalue weighted by Gasteiger charge is 2.22. The van der Waals surface area contributed by atoms with Crippen LogP contribution < -0.4 is 10.1 Å². The summed E-state index contributed by atoms with van der Waals surface area (Å²) in [5.74, 6) is 1.18. The lowest BCUT2D eigenvalue weighted by molar-refractivity contribution is 0.217. The number of rotatable bonds is 4. The number of nitrogens with zero attached hydrogens (tertiary/aromatic N) is 2. The van der Waals surface area contributed by atoms with Crippen molar-refractivity contribution in [2.24, 2.45) is 0 Å². The van der Waals surface area contributed by atoms with Gasteiger partial charge in [-0.15, -0.1) is 0 Å². The van der Waals surface area contributed by atoms with E-state index < -0.39 is 0 Å². The van der Waals surface area contributed by atoms with Crippen LogP contribution in [0.25, 0.3) is 0 Å². The molecule has 0 radical (unpaired) electrons. The highest BCUT2D eigenvalue weighted by Crippen LogP contribution is 2.29. The Balaban J connectivity index is 1.77. The van der Waals surface area contributed by atoms with Crippen LogP contribution in [-0.4, -0.2) is 35.6 Å². The molecule has 2 heterocycles. The van der Waals surface area contributed by atoms with Crippen LogP contribution in [-0.2, 0) is 0 Å². The minimum atomic E-state index is 0.197. The number of aromatic nitrogens is 1. The lowest BCUT2D eigenvalue weighted by Gasteiger charge is -2.27. The van der Waals surface area contributed by atoms with E-state index in [2.05, 4.69) is 24.1 Å². The molecule has 0 aliphatic carbocycles. The maximum absolute atomic E-state index is 6.05. The largest absolute Gasteiger partial charge is 0.439 e. The molecule has 6 heteroatoms. The van der Waals surface area contributed by atoms with E-state index in [1.54, 1.807) is 18.2 Å². The maximum Gasteiger partial charge on any atom is 0.219 e. The smallest absolute Gasteiger partial charge is 0.219 e. The van der Waals surface area contributed by atoms with Gasteiger partial charge in [-0.05, 0) is 51.6 Å². The molecule has 0 saturated carbocycles. The van der Waals surface area contributed by atoms with Crippen LogP contribution in [0.1, 0.15) is 32.0 Å². The minimum Gasteiger partial charge on any atom is -0.439 e. The van der Waals surface area contributed by atoms with Crippen LogP contribution in [0.5, 0.6) is 11.6 Å². The fourth-order valence-electron chi connectivity index (χ4n) is 2.96. The van der Waals surface area contributed by atoms with E-state index in [4.69, 9.17) is 32.9 Å². The van der Waals surface area contributed by atoms with Crippen molar-refractivity contribution in [1.82, 2.24) is 15.2 Å². The predicted molar refractivity (Wildman–Crippen MR) is 103 cm³/mol. The first-order chi connectivity index (χ1) is 12.0. The van der Waals surface area contributed by atoms with Crippen molar-refractivity contribution in [2.45, 2.75) is 32.4 Å². The molecule has 1 aliphatic rings. The lowest BCUT2D eigenvalue weighted by atomic mass is 10.1. The van der Waals surface area contributed by atoms with Gasteiger partial charge in [0, 0.05) is 24.7 Å². The molecule has 1 aliphatic heterocycles. The van der Waals surface area contributed by atoms with Gasteiger partial charge in [0.05, 0.1) is 21.8 Å². The van der Waals surface area contributed by atoms with Crippen LogP contribution in [0, 0.1) is 0 Å². The Morgan fingerprint density at radius 1 is 1.20 bits per heavy atom. The highest BCUT2D eigenvalue weighted by atomic mass is 35.5. The molecule has 1 fully saturated rings. The second kappa shape index (κ2) is 8.37. The Morgan fingerprint density at radius 2 is 2.04 bits per heavy atom. The molecule has 1 atom stereocenters. The topological polar surface area (TPSA) is 37.4 Å². The van der Waals surface area contributed by atoms with Crippen molar-refractivity contribution >= 4 is 23.2 Å². The van der Waals surface area contributed by atoms with Gasteiger partial charge in [0.1, 0.15) is 5.75 Å². The number of pyridine rings is 1. The van der Waals surface area contributed by atoms with Crippen molar-refractivity contribution in [1.29, 1.82) is 0 Å². The van der Waals surface area contributed by atoms with E-state index in [-0.39, 0.29) is 6.04 Å². The molecule has 1 unspecified atom stereocenters. The predicted octanol–water partition coefficient (Wildman–Crippen LogP) is 4.93. The second-order valence-corrected chi connectivity index (χ2v) is 7.34. The molecule has 0 spiro atoms. The van der Waals surface area contributed by atoms with E-state index in [9.17, 15) is 0 Å². The monoisotopic (exact) mass is 379 g/mol. The van der Waals surface area contributed by atoms with Gasteiger partial charge in [-0.2, -0.15) is 0 Å². The third kappa shape index (κ3) is 4.85. The first kappa shape index (κ1) is 18.5. The summed E-state index contributed by atoms with van der Waals surface area (Å²) in [6.45, 7) is 7.52. The molecule has 1 N–H and O–H groups in total. The number of nitrogens with one attached hydrogen (secondary N) is 1. The van der Waals surface area contributed by atoms with E-state index in [0.29, 0.717) is 27.7 Å². The maximum atomic E-state index is 6.05. The molecular formula is C19H23Cl2N3O.